The molecule has 0 aliphatic rings. The third kappa shape index (κ3) is 2.56. The minimum atomic E-state index is -4.43. The average molecular weight is 275 g/mol. The van der Waals surface area contributed by atoms with Crippen LogP contribution in [0.3, 0.4) is 0 Å². The van der Waals surface area contributed by atoms with Crippen molar-refractivity contribution in [2.24, 2.45) is 5.73 Å². The zero-order valence-electron chi connectivity index (χ0n) is 9.56. The second kappa shape index (κ2) is 4.74. The van der Waals surface area contributed by atoms with Gasteiger partial charge in [-0.3, -0.25) is 4.68 Å². The molecule has 98 valence electrons. The normalized spacial score (nSPS) is 15.6. The van der Waals surface area contributed by atoms with Gasteiger partial charge in [0.25, 0.3) is 0 Å². The maximum atomic E-state index is 12.5. The molecule has 3 nitrogen and oxygen atoms in total. The predicted molar refractivity (Wildman–Crippen MR) is 63.3 cm³/mol. The summed E-state index contributed by atoms with van der Waals surface area (Å²) in [5.41, 5.74) is 5.81. The molecule has 0 bridgehead atoms. The van der Waals surface area contributed by atoms with Crippen LogP contribution in [-0.2, 0) is 6.18 Å². The molecule has 2 aromatic rings. The Bertz CT molecular complexity index is 502. The van der Waals surface area contributed by atoms with Crippen molar-refractivity contribution in [2.45, 2.75) is 25.2 Å². The van der Waals surface area contributed by atoms with Crippen LogP contribution in [0.15, 0.2) is 29.1 Å². The van der Waals surface area contributed by atoms with Crippen LogP contribution in [0, 0.1) is 0 Å². The van der Waals surface area contributed by atoms with Gasteiger partial charge in [-0.2, -0.15) is 29.6 Å². The number of hydrogen-bond acceptors (Lipinski definition) is 3. The van der Waals surface area contributed by atoms with Crippen molar-refractivity contribution in [2.75, 3.05) is 0 Å². The van der Waals surface area contributed by atoms with Crippen molar-refractivity contribution < 1.29 is 13.2 Å². The van der Waals surface area contributed by atoms with Crippen LogP contribution in [-0.4, -0.2) is 15.8 Å². The SMILES string of the molecule is CC(N)C(c1ccsc1)n1ccc(C(F)(F)F)n1. The van der Waals surface area contributed by atoms with Gasteiger partial charge >= 0.3 is 6.18 Å². The summed E-state index contributed by atoms with van der Waals surface area (Å²) in [5.74, 6) is 0. The van der Waals surface area contributed by atoms with Gasteiger partial charge in [-0.1, -0.05) is 0 Å². The van der Waals surface area contributed by atoms with E-state index in [0.29, 0.717) is 0 Å². The molecule has 0 aliphatic heterocycles. The maximum Gasteiger partial charge on any atom is 0.435 e. The molecular weight excluding hydrogens is 263 g/mol. The summed E-state index contributed by atoms with van der Waals surface area (Å²) in [5, 5.41) is 7.30. The molecule has 0 radical (unpaired) electrons. The quantitative estimate of drug-likeness (QED) is 0.936. The molecule has 2 atom stereocenters. The molecule has 2 N–H and O–H groups in total. The van der Waals surface area contributed by atoms with E-state index in [1.807, 2.05) is 16.8 Å². The Morgan fingerprint density at radius 1 is 1.39 bits per heavy atom. The monoisotopic (exact) mass is 275 g/mol. The molecule has 2 rings (SSSR count). The lowest BCUT2D eigenvalue weighted by atomic mass is 10.1. The molecule has 2 unspecified atom stereocenters. The molecule has 0 fully saturated rings. The second-order valence-corrected chi connectivity index (χ2v) is 4.82. The summed E-state index contributed by atoms with van der Waals surface area (Å²) in [6.45, 7) is 1.75. The summed E-state index contributed by atoms with van der Waals surface area (Å²) in [6, 6.07) is 2.09. The fourth-order valence-electron chi connectivity index (χ4n) is 1.78. The first-order chi connectivity index (χ1) is 8.39. The Morgan fingerprint density at radius 3 is 2.56 bits per heavy atom. The highest BCUT2D eigenvalue weighted by Crippen LogP contribution is 2.29. The van der Waals surface area contributed by atoms with E-state index in [-0.39, 0.29) is 12.1 Å². The van der Waals surface area contributed by atoms with Crippen LogP contribution < -0.4 is 5.73 Å². The van der Waals surface area contributed by atoms with Crippen molar-refractivity contribution in [1.29, 1.82) is 0 Å². The first-order valence-electron chi connectivity index (χ1n) is 5.29. The van der Waals surface area contributed by atoms with Crippen LogP contribution in [0.5, 0.6) is 0 Å². The number of alkyl halides is 3. The third-order valence-electron chi connectivity index (χ3n) is 2.57. The summed E-state index contributed by atoms with van der Waals surface area (Å²) < 4.78 is 38.8. The van der Waals surface area contributed by atoms with E-state index in [2.05, 4.69) is 5.10 Å². The van der Waals surface area contributed by atoms with Gasteiger partial charge in [-0.15, -0.1) is 0 Å². The summed E-state index contributed by atoms with van der Waals surface area (Å²) in [7, 11) is 0. The maximum absolute atomic E-state index is 12.5. The molecule has 0 aliphatic carbocycles. The van der Waals surface area contributed by atoms with E-state index in [1.54, 1.807) is 6.92 Å². The topological polar surface area (TPSA) is 43.8 Å². The Labute approximate surface area is 106 Å². The van der Waals surface area contributed by atoms with Gasteiger partial charge in [-0.05, 0) is 35.4 Å². The summed E-state index contributed by atoms with van der Waals surface area (Å²) in [4.78, 5) is 0. The first kappa shape index (κ1) is 13.1. The number of halogens is 3. The van der Waals surface area contributed by atoms with Gasteiger partial charge in [0.1, 0.15) is 0 Å². The molecule has 0 amide bonds. The average Bonchev–Trinajstić information content (AvgIpc) is 2.86. The van der Waals surface area contributed by atoms with Crippen LogP contribution >= 0.6 is 11.3 Å². The highest BCUT2D eigenvalue weighted by Gasteiger charge is 2.34. The lowest BCUT2D eigenvalue weighted by Gasteiger charge is -2.20. The predicted octanol–water partition coefficient (Wildman–Crippen LogP) is 2.90. The van der Waals surface area contributed by atoms with Gasteiger partial charge < -0.3 is 5.73 Å². The van der Waals surface area contributed by atoms with Gasteiger partial charge in [0, 0.05) is 12.2 Å². The Balaban J connectivity index is 2.36. The van der Waals surface area contributed by atoms with E-state index in [1.165, 1.54) is 22.2 Å². The minimum Gasteiger partial charge on any atom is -0.326 e. The Morgan fingerprint density at radius 2 is 2.11 bits per heavy atom. The van der Waals surface area contributed by atoms with E-state index >= 15 is 0 Å². The molecule has 0 aromatic carbocycles. The Kier molecular flexibility index (Phi) is 3.45. The van der Waals surface area contributed by atoms with E-state index in [4.69, 9.17) is 5.73 Å². The molecule has 0 saturated carbocycles. The van der Waals surface area contributed by atoms with Gasteiger partial charge in [0.15, 0.2) is 5.69 Å². The van der Waals surface area contributed by atoms with Gasteiger partial charge in [0.2, 0.25) is 0 Å². The first-order valence-corrected chi connectivity index (χ1v) is 6.24. The molecule has 7 heteroatoms. The zero-order valence-corrected chi connectivity index (χ0v) is 10.4. The lowest BCUT2D eigenvalue weighted by Crippen LogP contribution is -2.30. The fourth-order valence-corrected chi connectivity index (χ4v) is 2.47. The van der Waals surface area contributed by atoms with Crippen LogP contribution in [0.1, 0.15) is 24.2 Å². The molecular formula is C11H12F3N3S. The summed E-state index contributed by atoms with van der Waals surface area (Å²) in [6.07, 6.45) is -3.11. The molecule has 0 saturated heterocycles. The Hall–Kier alpha value is -1.34. The van der Waals surface area contributed by atoms with Crippen LogP contribution in [0.2, 0.25) is 0 Å². The van der Waals surface area contributed by atoms with E-state index < -0.39 is 11.9 Å². The van der Waals surface area contributed by atoms with E-state index in [9.17, 15) is 13.2 Å². The molecule has 0 spiro atoms. The van der Waals surface area contributed by atoms with Gasteiger partial charge in [0.05, 0.1) is 6.04 Å². The smallest absolute Gasteiger partial charge is 0.326 e. The van der Waals surface area contributed by atoms with Crippen molar-refractivity contribution in [1.82, 2.24) is 9.78 Å². The van der Waals surface area contributed by atoms with Crippen molar-refractivity contribution >= 4 is 11.3 Å². The number of nitrogens with two attached hydrogens (primary N) is 1. The number of thiophene rings is 1. The van der Waals surface area contributed by atoms with Crippen molar-refractivity contribution in [3.63, 3.8) is 0 Å². The van der Waals surface area contributed by atoms with Crippen molar-refractivity contribution in [3.8, 4) is 0 Å². The lowest BCUT2D eigenvalue weighted by molar-refractivity contribution is -0.141. The zero-order chi connectivity index (χ0) is 13.3. The van der Waals surface area contributed by atoms with Crippen molar-refractivity contribution in [3.05, 3.63) is 40.3 Å². The van der Waals surface area contributed by atoms with Gasteiger partial charge in [-0.25, -0.2) is 0 Å². The highest BCUT2D eigenvalue weighted by atomic mass is 32.1. The largest absolute Gasteiger partial charge is 0.435 e. The van der Waals surface area contributed by atoms with Crippen LogP contribution in [0.25, 0.3) is 0 Å². The van der Waals surface area contributed by atoms with Crippen LogP contribution in [0.4, 0.5) is 13.2 Å². The summed E-state index contributed by atoms with van der Waals surface area (Å²) >= 11 is 1.47. The second-order valence-electron chi connectivity index (χ2n) is 4.04. The number of nitrogens with zero attached hydrogens (tertiary/aromatic N) is 2. The third-order valence-corrected chi connectivity index (χ3v) is 3.27. The highest BCUT2D eigenvalue weighted by molar-refractivity contribution is 7.07. The molecule has 2 aromatic heterocycles. The molecule has 18 heavy (non-hydrogen) atoms. The van der Waals surface area contributed by atoms with E-state index in [0.717, 1.165) is 11.6 Å². The molecule has 2 heterocycles. The fraction of sp³-hybridized carbons (Fsp3) is 0.364. The number of rotatable bonds is 3. The number of hydrogen-bond donors (Lipinski definition) is 1. The standard InChI is InChI=1S/C11H12F3N3S/c1-7(15)10(8-3-5-18-6-8)17-4-2-9(16-17)11(12,13)14/h2-7,10H,15H2,1H3. The number of aromatic nitrogens is 2. The minimum absolute atomic E-state index is 0.333.